The molecule has 0 aliphatic rings. The first-order chi connectivity index (χ1) is 10.5. The number of hydrogen-bond acceptors (Lipinski definition) is 5. The zero-order chi connectivity index (χ0) is 16.1. The van der Waals surface area contributed by atoms with Crippen LogP contribution in [0, 0.1) is 6.92 Å². The van der Waals surface area contributed by atoms with E-state index in [0.717, 1.165) is 11.1 Å². The number of carbonyl (C=O) groups excluding carboxylic acids is 1. The maximum Gasteiger partial charge on any atom is 0.315 e. The largest absolute Gasteiger partial charge is 0.344 e. The van der Waals surface area contributed by atoms with E-state index in [-0.39, 0.29) is 18.6 Å². The van der Waals surface area contributed by atoms with Gasteiger partial charge in [0.05, 0.1) is 12.6 Å². The zero-order valence-corrected chi connectivity index (χ0v) is 13.3. The fraction of sp³-hybridized carbons (Fsp3) is 0.400. The first-order valence-corrected chi connectivity index (χ1v) is 7.07. The molecule has 1 aromatic heterocycles. The molecule has 2 N–H and O–H groups in total. The molecule has 7 nitrogen and oxygen atoms in total. The van der Waals surface area contributed by atoms with Crippen molar-refractivity contribution < 1.29 is 9.32 Å². The molecule has 0 aliphatic heterocycles. The van der Waals surface area contributed by atoms with Gasteiger partial charge in [0.2, 0.25) is 5.89 Å². The van der Waals surface area contributed by atoms with Gasteiger partial charge >= 0.3 is 6.03 Å². The number of aryl methyl sites for hydroxylation is 1. The third kappa shape index (κ3) is 3.97. The number of nitrogens with one attached hydrogen (secondary N) is 2. The molecule has 0 fully saturated rings. The maximum absolute atomic E-state index is 11.9. The fourth-order valence-corrected chi connectivity index (χ4v) is 2.05. The van der Waals surface area contributed by atoms with Crippen LogP contribution in [0.2, 0.25) is 0 Å². The standard InChI is InChI=1S/C15H21N5O2/c1-10-7-5-6-8-12(10)11(2)17-15(21)16-9-13-18-14(19-22-13)20(3)4/h5-8,11H,9H2,1-4H3,(H2,16,17,21). The van der Waals surface area contributed by atoms with E-state index in [4.69, 9.17) is 4.52 Å². The van der Waals surface area contributed by atoms with Crippen LogP contribution in [0.25, 0.3) is 0 Å². The van der Waals surface area contributed by atoms with Crippen molar-refractivity contribution in [3.8, 4) is 0 Å². The number of nitrogens with zero attached hydrogens (tertiary/aromatic N) is 3. The first-order valence-electron chi connectivity index (χ1n) is 7.07. The molecule has 1 aromatic carbocycles. The van der Waals surface area contributed by atoms with E-state index in [0.29, 0.717) is 11.8 Å². The summed E-state index contributed by atoms with van der Waals surface area (Å²) in [6.45, 7) is 4.15. The summed E-state index contributed by atoms with van der Waals surface area (Å²) in [6, 6.07) is 7.60. The minimum absolute atomic E-state index is 0.0822. The molecule has 0 saturated heterocycles. The van der Waals surface area contributed by atoms with Crippen LogP contribution < -0.4 is 15.5 Å². The molecule has 1 unspecified atom stereocenters. The number of benzene rings is 1. The molecular formula is C15H21N5O2. The molecule has 7 heteroatoms. The van der Waals surface area contributed by atoms with Crippen molar-refractivity contribution in [2.24, 2.45) is 0 Å². The molecule has 118 valence electrons. The molecule has 1 atom stereocenters. The van der Waals surface area contributed by atoms with Gasteiger partial charge in [-0.25, -0.2) is 4.79 Å². The monoisotopic (exact) mass is 303 g/mol. The van der Waals surface area contributed by atoms with Crippen molar-refractivity contribution in [3.63, 3.8) is 0 Å². The second-order valence-corrected chi connectivity index (χ2v) is 5.29. The second kappa shape index (κ2) is 6.93. The highest BCUT2D eigenvalue weighted by molar-refractivity contribution is 5.74. The van der Waals surface area contributed by atoms with Crippen molar-refractivity contribution in [2.75, 3.05) is 19.0 Å². The topological polar surface area (TPSA) is 83.3 Å². The van der Waals surface area contributed by atoms with E-state index < -0.39 is 0 Å². The number of anilines is 1. The van der Waals surface area contributed by atoms with Crippen LogP contribution in [0.5, 0.6) is 0 Å². The molecule has 0 bridgehead atoms. The Morgan fingerprint density at radius 3 is 2.73 bits per heavy atom. The average Bonchev–Trinajstić information content (AvgIpc) is 2.94. The molecule has 1 heterocycles. The molecule has 22 heavy (non-hydrogen) atoms. The van der Waals surface area contributed by atoms with Crippen LogP contribution in [0.1, 0.15) is 30.0 Å². The van der Waals surface area contributed by atoms with Crippen molar-refractivity contribution in [1.29, 1.82) is 0 Å². The Morgan fingerprint density at radius 1 is 1.36 bits per heavy atom. The predicted molar refractivity (Wildman–Crippen MR) is 83.6 cm³/mol. The summed E-state index contributed by atoms with van der Waals surface area (Å²) in [5, 5.41) is 9.37. The van der Waals surface area contributed by atoms with Crippen molar-refractivity contribution >= 4 is 12.0 Å². The van der Waals surface area contributed by atoms with E-state index in [2.05, 4.69) is 20.8 Å². The minimum atomic E-state index is -0.277. The average molecular weight is 303 g/mol. The van der Waals surface area contributed by atoms with Crippen LogP contribution in [0.15, 0.2) is 28.8 Å². The zero-order valence-electron chi connectivity index (χ0n) is 13.3. The van der Waals surface area contributed by atoms with Gasteiger partial charge in [0, 0.05) is 14.1 Å². The van der Waals surface area contributed by atoms with E-state index in [1.165, 1.54) is 0 Å². The van der Waals surface area contributed by atoms with Gasteiger partial charge in [-0.2, -0.15) is 4.98 Å². The van der Waals surface area contributed by atoms with Crippen molar-refractivity contribution in [1.82, 2.24) is 20.8 Å². The van der Waals surface area contributed by atoms with Gasteiger partial charge in [0.1, 0.15) is 0 Å². The van der Waals surface area contributed by atoms with Crippen LogP contribution in [0.3, 0.4) is 0 Å². The van der Waals surface area contributed by atoms with E-state index >= 15 is 0 Å². The van der Waals surface area contributed by atoms with Crippen molar-refractivity contribution in [3.05, 3.63) is 41.3 Å². The SMILES string of the molecule is Cc1ccccc1C(C)NC(=O)NCc1nc(N(C)C)no1. The third-order valence-corrected chi connectivity index (χ3v) is 3.26. The van der Waals surface area contributed by atoms with Gasteiger partial charge < -0.3 is 20.1 Å². The molecule has 0 aliphatic carbocycles. The Bertz CT molecular complexity index is 638. The Kier molecular flexibility index (Phi) is 4.98. The van der Waals surface area contributed by atoms with Crippen LogP contribution in [-0.2, 0) is 6.54 Å². The predicted octanol–water partition coefficient (Wildman–Crippen LogP) is 2.00. The van der Waals surface area contributed by atoms with Gasteiger partial charge in [-0.05, 0) is 30.1 Å². The normalized spacial score (nSPS) is 11.8. The Morgan fingerprint density at radius 2 is 2.09 bits per heavy atom. The molecule has 2 rings (SSSR count). The highest BCUT2D eigenvalue weighted by Gasteiger charge is 2.13. The highest BCUT2D eigenvalue weighted by atomic mass is 16.5. The van der Waals surface area contributed by atoms with Crippen LogP contribution in [-0.4, -0.2) is 30.3 Å². The van der Waals surface area contributed by atoms with Crippen LogP contribution >= 0.6 is 0 Å². The van der Waals surface area contributed by atoms with Gasteiger partial charge in [-0.1, -0.05) is 24.3 Å². The number of rotatable bonds is 5. The van der Waals surface area contributed by atoms with Gasteiger partial charge in [0.25, 0.3) is 5.95 Å². The van der Waals surface area contributed by atoms with E-state index in [9.17, 15) is 4.79 Å². The second-order valence-electron chi connectivity index (χ2n) is 5.29. The lowest BCUT2D eigenvalue weighted by molar-refractivity contribution is 0.235. The Balaban J connectivity index is 1.86. The molecule has 0 radical (unpaired) electrons. The number of hydrogen-bond donors (Lipinski definition) is 2. The fourth-order valence-electron chi connectivity index (χ4n) is 2.05. The Labute approximate surface area is 129 Å². The van der Waals surface area contributed by atoms with Gasteiger partial charge in [-0.15, -0.1) is 0 Å². The van der Waals surface area contributed by atoms with E-state index in [1.807, 2.05) is 52.2 Å². The maximum atomic E-state index is 11.9. The molecule has 0 saturated carbocycles. The number of urea groups is 1. The summed E-state index contributed by atoms with van der Waals surface area (Å²) >= 11 is 0. The third-order valence-electron chi connectivity index (χ3n) is 3.26. The number of aromatic nitrogens is 2. The van der Waals surface area contributed by atoms with Gasteiger partial charge in [0.15, 0.2) is 0 Å². The highest BCUT2D eigenvalue weighted by Crippen LogP contribution is 2.16. The summed E-state index contributed by atoms with van der Waals surface area (Å²) < 4.78 is 5.04. The number of carbonyl (C=O) groups is 1. The quantitative estimate of drug-likeness (QED) is 0.882. The lowest BCUT2D eigenvalue weighted by atomic mass is 10.0. The minimum Gasteiger partial charge on any atom is -0.344 e. The Hall–Kier alpha value is -2.57. The first kappa shape index (κ1) is 15.8. The lowest BCUT2D eigenvalue weighted by Crippen LogP contribution is -2.36. The summed E-state index contributed by atoms with van der Waals surface area (Å²) in [5.74, 6) is 0.841. The van der Waals surface area contributed by atoms with E-state index in [1.54, 1.807) is 4.90 Å². The summed E-state index contributed by atoms with van der Waals surface area (Å²) in [5.41, 5.74) is 2.23. The van der Waals surface area contributed by atoms with Crippen molar-refractivity contribution in [2.45, 2.75) is 26.4 Å². The van der Waals surface area contributed by atoms with Gasteiger partial charge in [-0.3, -0.25) is 0 Å². The summed E-state index contributed by atoms with van der Waals surface area (Å²) in [7, 11) is 3.64. The molecule has 2 amide bonds. The molecule has 2 aromatic rings. The summed E-state index contributed by atoms with van der Waals surface area (Å²) in [4.78, 5) is 17.8. The number of amides is 2. The summed E-state index contributed by atoms with van der Waals surface area (Å²) in [6.07, 6.45) is 0. The molecule has 0 spiro atoms. The van der Waals surface area contributed by atoms with Crippen LogP contribution in [0.4, 0.5) is 10.7 Å². The lowest BCUT2D eigenvalue weighted by Gasteiger charge is -2.16. The smallest absolute Gasteiger partial charge is 0.315 e. The molecular weight excluding hydrogens is 282 g/mol.